The molecule has 256 valence electrons. The molecule has 17 heteroatoms. The number of likely N-dealkylation sites (tertiary alicyclic amines) is 3. The molecular weight excluding hydrogens is 648 g/mol. The van der Waals surface area contributed by atoms with Crippen molar-refractivity contribution in [2.75, 3.05) is 26.2 Å². The molecule has 2 aromatic rings. The molecule has 0 bridgehead atoms. The van der Waals surface area contributed by atoms with Gasteiger partial charge in [-0.05, 0) is 67.5 Å². The number of hydrogen-bond acceptors (Lipinski definition) is 11. The minimum absolute atomic E-state index is 0.0733. The maximum absolute atomic E-state index is 13.6. The Kier molecular flexibility index (Phi) is 11.0. The summed E-state index contributed by atoms with van der Waals surface area (Å²) in [5.41, 5.74) is 0.982. The number of carbonyl (C=O) groups excluding carboxylic acids is 4. The van der Waals surface area contributed by atoms with Crippen molar-refractivity contribution in [3.8, 4) is 0 Å². The molecule has 0 radical (unpaired) electrons. The Labute approximate surface area is 281 Å². The van der Waals surface area contributed by atoms with Gasteiger partial charge in [-0.3, -0.25) is 39.6 Å². The number of nitrogens with zero attached hydrogens (tertiary/aromatic N) is 5. The van der Waals surface area contributed by atoms with E-state index in [4.69, 9.17) is 9.47 Å². The van der Waals surface area contributed by atoms with Crippen LogP contribution in [0.3, 0.4) is 0 Å². The van der Waals surface area contributed by atoms with Gasteiger partial charge in [0.15, 0.2) is 0 Å². The van der Waals surface area contributed by atoms with E-state index >= 15 is 0 Å². The number of nitro benzene ring substituents is 2. The van der Waals surface area contributed by atoms with Crippen LogP contribution in [0.25, 0.3) is 0 Å². The normalized spacial score (nSPS) is 22.2. The molecule has 5 rings (SSSR count). The summed E-state index contributed by atoms with van der Waals surface area (Å²) in [7, 11) is 0. The number of thiol groups is 1. The molecular formula is C31H36N6O10S. The number of nitrogens with one attached hydrogen (secondary N) is 1. The van der Waals surface area contributed by atoms with Crippen molar-refractivity contribution in [2.24, 2.45) is 0 Å². The first kappa shape index (κ1) is 34.4. The number of amides is 4. The average molecular weight is 685 g/mol. The van der Waals surface area contributed by atoms with E-state index in [0.29, 0.717) is 49.9 Å². The molecule has 16 nitrogen and oxygen atoms in total. The second kappa shape index (κ2) is 15.3. The summed E-state index contributed by atoms with van der Waals surface area (Å²) in [5.74, 6) is -0.612. The third-order valence-corrected chi connectivity index (χ3v) is 9.08. The molecule has 3 heterocycles. The summed E-state index contributed by atoms with van der Waals surface area (Å²) in [4.78, 5) is 77.9. The van der Waals surface area contributed by atoms with Gasteiger partial charge >= 0.3 is 12.2 Å². The van der Waals surface area contributed by atoms with Gasteiger partial charge in [0.1, 0.15) is 25.3 Å². The van der Waals surface area contributed by atoms with Crippen LogP contribution < -0.4 is 5.32 Å². The lowest BCUT2D eigenvalue weighted by atomic mass is 10.0. The molecule has 0 saturated carbocycles. The van der Waals surface area contributed by atoms with Crippen LogP contribution in [0.2, 0.25) is 0 Å². The maximum atomic E-state index is 13.6. The van der Waals surface area contributed by atoms with Crippen molar-refractivity contribution in [3.05, 3.63) is 79.9 Å². The highest BCUT2D eigenvalue weighted by atomic mass is 32.1. The highest BCUT2D eigenvalue weighted by molar-refractivity contribution is 7.81. The van der Waals surface area contributed by atoms with E-state index in [1.54, 1.807) is 4.90 Å². The van der Waals surface area contributed by atoms with Gasteiger partial charge in [-0.25, -0.2) is 9.59 Å². The van der Waals surface area contributed by atoms with Crippen LogP contribution in [0, 0.1) is 20.2 Å². The Hall–Kier alpha value is -4.93. The Bertz CT molecular complexity index is 1540. The van der Waals surface area contributed by atoms with Crippen LogP contribution in [0.1, 0.15) is 43.2 Å². The van der Waals surface area contributed by atoms with Crippen molar-refractivity contribution in [1.82, 2.24) is 20.0 Å². The van der Waals surface area contributed by atoms with E-state index in [9.17, 15) is 39.4 Å². The monoisotopic (exact) mass is 684 g/mol. The number of non-ortho nitro benzene ring substituents is 2. The van der Waals surface area contributed by atoms with Crippen molar-refractivity contribution >= 4 is 48.0 Å². The predicted octanol–water partition coefficient (Wildman–Crippen LogP) is 3.42. The molecule has 3 fully saturated rings. The van der Waals surface area contributed by atoms with Crippen LogP contribution in [0.15, 0.2) is 48.5 Å². The fourth-order valence-electron chi connectivity index (χ4n) is 6.14. The van der Waals surface area contributed by atoms with Gasteiger partial charge in [0.25, 0.3) is 11.4 Å². The predicted molar refractivity (Wildman–Crippen MR) is 172 cm³/mol. The van der Waals surface area contributed by atoms with Gasteiger partial charge in [-0.2, -0.15) is 12.6 Å². The fourth-order valence-corrected chi connectivity index (χ4v) is 6.52. The summed E-state index contributed by atoms with van der Waals surface area (Å²) in [6.07, 6.45) is 1.41. The number of rotatable bonds is 9. The summed E-state index contributed by atoms with van der Waals surface area (Å²) >= 11 is 4.50. The van der Waals surface area contributed by atoms with Crippen LogP contribution in [-0.4, -0.2) is 98.1 Å². The largest absolute Gasteiger partial charge is 0.445 e. The highest BCUT2D eigenvalue weighted by Crippen LogP contribution is 2.27. The lowest BCUT2D eigenvalue weighted by molar-refractivity contribution is -0.385. The maximum Gasteiger partial charge on any atom is 0.410 e. The average Bonchev–Trinajstić information content (AvgIpc) is 3.72. The molecule has 3 aliphatic heterocycles. The Morgan fingerprint density at radius 3 is 1.90 bits per heavy atom. The SMILES string of the molecule is O=C(N[C@H]1CCN(C(=O)[C@@H]2C[C@H](S)CN2C(=O)OCc2ccc([N+](=O)[O-])cc2)C1)C1CCCCN1C(=O)OCc1ccc([N+](=O)[O-])cc1. The molecule has 0 spiro atoms. The minimum Gasteiger partial charge on any atom is -0.445 e. The summed E-state index contributed by atoms with van der Waals surface area (Å²) in [5, 5.41) is 24.5. The van der Waals surface area contributed by atoms with Gasteiger partial charge in [-0.15, -0.1) is 0 Å². The first-order chi connectivity index (χ1) is 23.0. The number of piperidine rings is 1. The zero-order valence-corrected chi connectivity index (χ0v) is 26.9. The molecule has 48 heavy (non-hydrogen) atoms. The van der Waals surface area contributed by atoms with E-state index in [1.165, 1.54) is 58.3 Å². The van der Waals surface area contributed by atoms with Gasteiger partial charge in [0.2, 0.25) is 11.8 Å². The first-order valence-corrected chi connectivity index (χ1v) is 16.1. The summed E-state index contributed by atoms with van der Waals surface area (Å²) in [6.45, 7) is 0.944. The zero-order chi connectivity index (χ0) is 34.4. The number of benzene rings is 2. The third kappa shape index (κ3) is 8.31. The van der Waals surface area contributed by atoms with E-state index in [0.717, 1.165) is 6.42 Å². The molecule has 1 N–H and O–H groups in total. The van der Waals surface area contributed by atoms with E-state index in [1.807, 2.05) is 0 Å². The number of ether oxygens (including phenoxy) is 2. The number of carbonyl (C=O) groups is 4. The lowest BCUT2D eigenvalue weighted by Gasteiger charge is -2.34. The number of nitro groups is 2. The molecule has 4 atom stereocenters. The molecule has 1 unspecified atom stereocenters. The molecule has 0 aromatic heterocycles. The summed E-state index contributed by atoms with van der Waals surface area (Å²) < 4.78 is 10.8. The quantitative estimate of drug-likeness (QED) is 0.224. The van der Waals surface area contributed by atoms with E-state index in [2.05, 4.69) is 17.9 Å². The number of hydrogen-bond donors (Lipinski definition) is 2. The van der Waals surface area contributed by atoms with Crippen molar-refractivity contribution in [3.63, 3.8) is 0 Å². The molecule has 3 saturated heterocycles. The van der Waals surface area contributed by atoms with Gasteiger partial charge in [-0.1, -0.05) is 0 Å². The standard InChI is InChI=1S/C31H36N6O10S/c38-28(26-3-1-2-13-34(26)30(40)46-18-20-4-8-23(9-5-20)36(42)43)32-22-12-14-33(16-22)29(39)27-15-25(48)17-35(27)31(41)47-19-21-6-10-24(11-7-21)37(44)45/h4-11,22,25-27,48H,1-3,12-19H2,(H,32,38)/t22-,25-,26?,27-/m0/s1. The highest BCUT2D eigenvalue weighted by Gasteiger charge is 2.43. The van der Waals surface area contributed by atoms with Gasteiger partial charge < -0.3 is 19.7 Å². The second-order valence-corrected chi connectivity index (χ2v) is 12.7. The van der Waals surface area contributed by atoms with E-state index < -0.39 is 34.1 Å². The third-order valence-electron chi connectivity index (χ3n) is 8.70. The summed E-state index contributed by atoms with van der Waals surface area (Å²) in [6, 6.07) is 9.41. The molecule has 0 aliphatic carbocycles. The fraction of sp³-hybridized carbons (Fsp3) is 0.484. The molecule has 2 aromatic carbocycles. The lowest BCUT2D eigenvalue weighted by Crippen LogP contribution is -2.54. The van der Waals surface area contributed by atoms with E-state index in [-0.39, 0.29) is 60.8 Å². The Balaban J connectivity index is 1.12. The topological polar surface area (TPSA) is 195 Å². The van der Waals surface area contributed by atoms with Crippen molar-refractivity contribution in [2.45, 2.75) is 68.7 Å². The van der Waals surface area contributed by atoms with Crippen LogP contribution in [0.4, 0.5) is 21.0 Å². The van der Waals surface area contributed by atoms with Gasteiger partial charge in [0.05, 0.1) is 9.85 Å². The van der Waals surface area contributed by atoms with Crippen molar-refractivity contribution in [1.29, 1.82) is 0 Å². The van der Waals surface area contributed by atoms with Crippen molar-refractivity contribution < 1.29 is 38.5 Å². The van der Waals surface area contributed by atoms with Gasteiger partial charge in [0, 0.05) is 61.7 Å². The first-order valence-electron chi connectivity index (χ1n) is 15.6. The second-order valence-electron chi connectivity index (χ2n) is 12.0. The zero-order valence-electron chi connectivity index (χ0n) is 26.0. The molecule has 4 amide bonds. The minimum atomic E-state index is -0.786. The smallest absolute Gasteiger partial charge is 0.410 e. The Morgan fingerprint density at radius 1 is 0.771 bits per heavy atom. The van der Waals surface area contributed by atoms with Crippen LogP contribution in [0.5, 0.6) is 0 Å². The van der Waals surface area contributed by atoms with Crippen LogP contribution in [-0.2, 0) is 32.3 Å². The Morgan fingerprint density at radius 2 is 1.33 bits per heavy atom. The molecule has 3 aliphatic rings. The van der Waals surface area contributed by atoms with Crippen LogP contribution >= 0.6 is 12.6 Å².